The fourth-order valence-corrected chi connectivity index (χ4v) is 1.55. The normalized spacial score (nSPS) is 26.9. The second-order valence-corrected chi connectivity index (χ2v) is 4.22. The summed E-state index contributed by atoms with van der Waals surface area (Å²) < 4.78 is 5.26. The summed E-state index contributed by atoms with van der Waals surface area (Å²) in [5.74, 6) is 0.0648. The third-order valence-corrected chi connectivity index (χ3v) is 2.57. The second kappa shape index (κ2) is 2.03. The molecule has 11 heavy (non-hydrogen) atoms. The Bertz CT molecular complexity index is 228. The monoisotopic (exact) mass is 172 g/mol. The molecule has 2 nitrogen and oxygen atoms in total. The van der Waals surface area contributed by atoms with Crippen molar-refractivity contribution in [1.29, 1.82) is 0 Å². The SMILES string of the molecule is CC1(C)OC(=S)C(C)(C)C1=O. The van der Waals surface area contributed by atoms with Crippen molar-refractivity contribution in [3.8, 4) is 0 Å². The predicted octanol–water partition coefficient (Wildman–Crippen LogP) is 1.72. The van der Waals surface area contributed by atoms with Crippen LogP contribution in [0.5, 0.6) is 0 Å². The van der Waals surface area contributed by atoms with E-state index in [1.165, 1.54) is 0 Å². The summed E-state index contributed by atoms with van der Waals surface area (Å²) in [6.45, 7) is 7.09. The second-order valence-electron chi connectivity index (χ2n) is 3.85. The molecule has 1 rings (SSSR count). The van der Waals surface area contributed by atoms with E-state index in [2.05, 4.69) is 0 Å². The van der Waals surface area contributed by atoms with Gasteiger partial charge in [0.05, 0.1) is 5.41 Å². The Hall–Kier alpha value is -0.440. The molecule has 0 aliphatic carbocycles. The Morgan fingerprint density at radius 3 is 1.82 bits per heavy atom. The van der Waals surface area contributed by atoms with Crippen molar-refractivity contribution in [2.45, 2.75) is 33.3 Å². The maximum Gasteiger partial charge on any atom is 0.189 e. The first-order valence-electron chi connectivity index (χ1n) is 3.57. The number of rotatable bonds is 0. The van der Waals surface area contributed by atoms with E-state index in [9.17, 15) is 4.79 Å². The van der Waals surface area contributed by atoms with E-state index in [0.29, 0.717) is 5.05 Å². The molecule has 0 spiro atoms. The number of Topliss-reactive ketones (excluding diaryl/α,β-unsaturated/α-hetero) is 1. The van der Waals surface area contributed by atoms with E-state index < -0.39 is 11.0 Å². The summed E-state index contributed by atoms with van der Waals surface area (Å²) >= 11 is 4.94. The van der Waals surface area contributed by atoms with Crippen molar-refractivity contribution in [3.05, 3.63) is 0 Å². The molecule has 0 bridgehead atoms. The van der Waals surface area contributed by atoms with Crippen LogP contribution in [-0.4, -0.2) is 16.4 Å². The largest absolute Gasteiger partial charge is 0.472 e. The van der Waals surface area contributed by atoms with Gasteiger partial charge in [0.2, 0.25) is 0 Å². The van der Waals surface area contributed by atoms with Gasteiger partial charge in [-0.15, -0.1) is 0 Å². The molecule has 0 amide bonds. The van der Waals surface area contributed by atoms with Gasteiger partial charge in [0, 0.05) is 0 Å². The standard InChI is InChI=1S/C8H12O2S/c1-7(2)5(9)8(3,4)10-6(7)11/h1-4H3. The van der Waals surface area contributed by atoms with Gasteiger partial charge in [-0.25, -0.2) is 0 Å². The molecule has 1 saturated heterocycles. The van der Waals surface area contributed by atoms with Crippen LogP contribution in [0.1, 0.15) is 27.7 Å². The van der Waals surface area contributed by atoms with Gasteiger partial charge in [0.25, 0.3) is 0 Å². The summed E-state index contributed by atoms with van der Waals surface area (Å²) in [5.41, 5.74) is -1.31. The fraction of sp³-hybridized carbons (Fsp3) is 0.750. The number of ketones is 1. The third kappa shape index (κ3) is 1.07. The molecule has 0 aromatic rings. The topological polar surface area (TPSA) is 26.3 Å². The smallest absolute Gasteiger partial charge is 0.189 e. The lowest BCUT2D eigenvalue weighted by Crippen LogP contribution is -2.33. The minimum Gasteiger partial charge on any atom is -0.472 e. The van der Waals surface area contributed by atoms with Gasteiger partial charge in [-0.1, -0.05) is 0 Å². The first-order chi connectivity index (χ1) is 4.78. The minimum absolute atomic E-state index is 0.0648. The zero-order valence-electron chi connectivity index (χ0n) is 7.22. The quantitative estimate of drug-likeness (QED) is 0.520. The summed E-state index contributed by atoms with van der Waals surface area (Å²) in [5, 5.41) is 0.410. The highest BCUT2D eigenvalue weighted by Crippen LogP contribution is 2.36. The zero-order valence-corrected chi connectivity index (χ0v) is 8.04. The summed E-state index contributed by atoms with van der Waals surface area (Å²) in [4.78, 5) is 11.5. The Morgan fingerprint density at radius 1 is 1.27 bits per heavy atom. The van der Waals surface area contributed by atoms with Crippen LogP contribution in [0.25, 0.3) is 0 Å². The number of carbonyl (C=O) groups is 1. The van der Waals surface area contributed by atoms with Gasteiger partial charge in [-0.05, 0) is 39.9 Å². The van der Waals surface area contributed by atoms with Crippen molar-refractivity contribution >= 4 is 23.1 Å². The van der Waals surface area contributed by atoms with Crippen LogP contribution >= 0.6 is 12.2 Å². The number of hydrogen-bond donors (Lipinski definition) is 0. The molecule has 3 heteroatoms. The van der Waals surface area contributed by atoms with E-state index in [1.807, 2.05) is 0 Å². The van der Waals surface area contributed by atoms with Crippen LogP contribution in [0.15, 0.2) is 0 Å². The first-order valence-corrected chi connectivity index (χ1v) is 3.97. The van der Waals surface area contributed by atoms with Gasteiger partial charge in [-0.2, -0.15) is 0 Å². The van der Waals surface area contributed by atoms with E-state index in [0.717, 1.165) is 0 Å². The highest BCUT2D eigenvalue weighted by molar-refractivity contribution is 7.80. The van der Waals surface area contributed by atoms with Crippen LogP contribution in [0.4, 0.5) is 0 Å². The van der Waals surface area contributed by atoms with Gasteiger partial charge in [0.15, 0.2) is 16.4 Å². The van der Waals surface area contributed by atoms with E-state index in [4.69, 9.17) is 17.0 Å². The maximum absolute atomic E-state index is 11.5. The van der Waals surface area contributed by atoms with E-state index >= 15 is 0 Å². The lowest BCUT2D eigenvalue weighted by Gasteiger charge is -2.15. The summed E-state index contributed by atoms with van der Waals surface area (Å²) in [6.07, 6.45) is 0. The predicted molar refractivity (Wildman–Crippen MR) is 46.6 cm³/mol. The Balaban J connectivity index is 3.09. The molecule has 1 fully saturated rings. The number of thiocarbonyl (C=S) groups is 1. The molecule has 0 aromatic carbocycles. The number of carbonyl (C=O) groups excluding carboxylic acids is 1. The molecule has 1 aliphatic heterocycles. The molecule has 0 unspecified atom stereocenters. The van der Waals surface area contributed by atoms with E-state index in [1.54, 1.807) is 27.7 Å². The zero-order chi connectivity index (χ0) is 8.86. The Kier molecular flexibility index (Phi) is 1.60. The summed E-state index contributed by atoms with van der Waals surface area (Å²) in [7, 11) is 0. The lowest BCUT2D eigenvalue weighted by atomic mass is 9.84. The molecule has 0 atom stereocenters. The third-order valence-electron chi connectivity index (χ3n) is 1.97. The van der Waals surface area contributed by atoms with Crippen molar-refractivity contribution in [1.82, 2.24) is 0 Å². The molecule has 1 heterocycles. The Morgan fingerprint density at radius 2 is 1.73 bits per heavy atom. The molecule has 0 aromatic heterocycles. The van der Waals surface area contributed by atoms with Gasteiger partial charge >= 0.3 is 0 Å². The molecule has 62 valence electrons. The molecule has 0 saturated carbocycles. The van der Waals surface area contributed by atoms with Crippen LogP contribution < -0.4 is 0 Å². The molecular formula is C8H12O2S. The minimum atomic E-state index is -0.722. The Labute approximate surface area is 71.9 Å². The molecule has 0 radical (unpaired) electrons. The van der Waals surface area contributed by atoms with E-state index in [-0.39, 0.29) is 5.78 Å². The van der Waals surface area contributed by atoms with Crippen LogP contribution in [0.2, 0.25) is 0 Å². The number of ether oxygens (including phenoxy) is 1. The molecule has 1 aliphatic rings. The van der Waals surface area contributed by atoms with Crippen LogP contribution in [0.3, 0.4) is 0 Å². The average molecular weight is 172 g/mol. The molecular weight excluding hydrogens is 160 g/mol. The molecule has 0 N–H and O–H groups in total. The van der Waals surface area contributed by atoms with Crippen LogP contribution in [-0.2, 0) is 9.53 Å². The van der Waals surface area contributed by atoms with Crippen LogP contribution in [0, 0.1) is 5.41 Å². The average Bonchev–Trinajstić information content (AvgIpc) is 1.94. The fourth-order valence-electron chi connectivity index (χ4n) is 1.25. The van der Waals surface area contributed by atoms with Crippen molar-refractivity contribution in [3.63, 3.8) is 0 Å². The van der Waals surface area contributed by atoms with Gasteiger partial charge in [0.1, 0.15) is 0 Å². The lowest BCUT2D eigenvalue weighted by molar-refractivity contribution is -0.131. The van der Waals surface area contributed by atoms with Crippen molar-refractivity contribution in [2.75, 3.05) is 0 Å². The van der Waals surface area contributed by atoms with Crippen molar-refractivity contribution in [2.24, 2.45) is 5.41 Å². The highest BCUT2D eigenvalue weighted by Gasteiger charge is 2.52. The number of hydrogen-bond acceptors (Lipinski definition) is 3. The van der Waals surface area contributed by atoms with Gasteiger partial charge < -0.3 is 4.74 Å². The maximum atomic E-state index is 11.5. The highest BCUT2D eigenvalue weighted by atomic mass is 32.1. The summed E-state index contributed by atoms with van der Waals surface area (Å²) in [6, 6.07) is 0. The first kappa shape index (κ1) is 8.65. The van der Waals surface area contributed by atoms with Gasteiger partial charge in [-0.3, -0.25) is 4.79 Å². The van der Waals surface area contributed by atoms with Crippen molar-refractivity contribution < 1.29 is 9.53 Å².